The molecule has 0 unspecified atom stereocenters. The van der Waals surface area contributed by atoms with Gasteiger partial charge in [-0.1, -0.05) is 55.3 Å². The Labute approximate surface area is 223 Å². The number of carbonyl (C=O) groups excluding carboxylic acids is 1. The maximum absolute atomic E-state index is 13.0. The van der Waals surface area contributed by atoms with E-state index in [9.17, 15) is 13.2 Å². The molecule has 1 aliphatic rings. The van der Waals surface area contributed by atoms with Crippen molar-refractivity contribution in [2.75, 3.05) is 25.0 Å². The van der Waals surface area contributed by atoms with Gasteiger partial charge in [-0.2, -0.15) is 4.31 Å². The number of hydrogen-bond acceptors (Lipinski definition) is 5. The number of benzene rings is 3. The highest BCUT2D eigenvalue weighted by Crippen LogP contribution is 2.22. The van der Waals surface area contributed by atoms with Crippen molar-refractivity contribution >= 4 is 38.9 Å². The van der Waals surface area contributed by atoms with E-state index in [0.29, 0.717) is 36.7 Å². The van der Waals surface area contributed by atoms with Crippen molar-refractivity contribution in [2.24, 2.45) is 0 Å². The normalized spacial score (nSPS) is 14.4. The first-order valence-electron chi connectivity index (χ1n) is 12.4. The van der Waals surface area contributed by atoms with Crippen LogP contribution in [0.15, 0.2) is 83.8 Å². The van der Waals surface area contributed by atoms with E-state index >= 15 is 0 Å². The first-order chi connectivity index (χ1) is 17.9. The third kappa shape index (κ3) is 7.38. The highest BCUT2D eigenvalue weighted by molar-refractivity contribution is 7.89. The van der Waals surface area contributed by atoms with Crippen LogP contribution in [0.2, 0.25) is 0 Å². The summed E-state index contributed by atoms with van der Waals surface area (Å²) < 4.78 is 33.4. The minimum atomic E-state index is -3.53. The van der Waals surface area contributed by atoms with Gasteiger partial charge in [0.2, 0.25) is 10.0 Å². The lowest BCUT2D eigenvalue weighted by molar-refractivity contribution is 0.0974. The molecule has 1 fully saturated rings. The lowest BCUT2D eigenvalue weighted by atomic mass is 10.1. The Morgan fingerprint density at radius 2 is 1.51 bits per heavy atom. The van der Waals surface area contributed by atoms with Crippen LogP contribution < -0.4 is 15.4 Å². The lowest BCUT2D eigenvalue weighted by Crippen LogP contribution is -2.34. The predicted octanol–water partition coefficient (Wildman–Crippen LogP) is 5.00. The molecule has 0 atom stereocenters. The Balaban J connectivity index is 1.33. The number of carbonyl (C=O) groups is 1. The summed E-state index contributed by atoms with van der Waals surface area (Å²) in [6, 6.07) is 23.4. The third-order valence-corrected chi connectivity index (χ3v) is 8.28. The second kappa shape index (κ2) is 12.8. The van der Waals surface area contributed by atoms with Crippen molar-refractivity contribution in [3.63, 3.8) is 0 Å². The minimum Gasteiger partial charge on any atom is -0.492 e. The quantitative estimate of drug-likeness (QED) is 0.393. The van der Waals surface area contributed by atoms with E-state index in [2.05, 4.69) is 10.6 Å². The summed E-state index contributed by atoms with van der Waals surface area (Å²) >= 11 is 5.32. The highest BCUT2D eigenvalue weighted by Gasteiger charge is 2.25. The second-order valence-electron chi connectivity index (χ2n) is 8.83. The lowest BCUT2D eigenvalue weighted by Gasteiger charge is -2.20. The van der Waals surface area contributed by atoms with Gasteiger partial charge in [-0.15, -0.1) is 0 Å². The molecule has 3 aromatic rings. The molecule has 0 aliphatic carbocycles. The zero-order valence-corrected chi connectivity index (χ0v) is 22.2. The van der Waals surface area contributed by atoms with Crippen molar-refractivity contribution in [1.29, 1.82) is 0 Å². The van der Waals surface area contributed by atoms with Crippen molar-refractivity contribution < 1.29 is 17.9 Å². The van der Waals surface area contributed by atoms with Gasteiger partial charge in [-0.05, 0) is 67.0 Å². The van der Waals surface area contributed by atoms with E-state index in [-0.39, 0.29) is 10.0 Å². The molecule has 37 heavy (non-hydrogen) atoms. The number of amides is 1. The molecule has 194 valence electrons. The predicted molar refractivity (Wildman–Crippen MR) is 149 cm³/mol. The van der Waals surface area contributed by atoms with Gasteiger partial charge in [0, 0.05) is 25.2 Å². The van der Waals surface area contributed by atoms with Crippen LogP contribution in [0, 0.1) is 0 Å². The van der Waals surface area contributed by atoms with Gasteiger partial charge in [-0.3, -0.25) is 10.1 Å². The van der Waals surface area contributed by atoms with E-state index < -0.39 is 15.9 Å². The summed E-state index contributed by atoms with van der Waals surface area (Å²) in [4.78, 5) is 13.1. The number of hydrogen-bond donors (Lipinski definition) is 2. The van der Waals surface area contributed by atoms with E-state index in [1.807, 2.05) is 36.4 Å². The molecule has 0 bridgehead atoms. The fraction of sp³-hybridized carbons (Fsp3) is 0.286. The van der Waals surface area contributed by atoms with E-state index in [1.165, 1.54) is 0 Å². The van der Waals surface area contributed by atoms with Crippen LogP contribution in [-0.4, -0.2) is 43.4 Å². The molecular formula is C28H31N3O4S2. The maximum Gasteiger partial charge on any atom is 0.261 e. The van der Waals surface area contributed by atoms with Gasteiger partial charge in [0.15, 0.2) is 5.11 Å². The standard InChI is InChI=1S/C28H31N3O4S2/c32-27(25-12-6-7-13-26(25)35-21-18-22-10-4-3-5-11-22)30-28(36)29-23-14-16-24(17-15-23)37(33,34)31-19-8-1-2-9-20-31/h3-7,10-17H,1-2,8-9,18-21H2,(H2,29,30,32,36). The summed E-state index contributed by atoms with van der Waals surface area (Å²) in [5, 5.41) is 5.72. The maximum atomic E-state index is 13.0. The average molecular weight is 538 g/mol. The topological polar surface area (TPSA) is 87.7 Å². The van der Waals surface area contributed by atoms with Crippen molar-refractivity contribution in [3.05, 3.63) is 90.0 Å². The van der Waals surface area contributed by atoms with E-state index in [0.717, 1.165) is 37.7 Å². The molecule has 1 heterocycles. The summed E-state index contributed by atoms with van der Waals surface area (Å²) in [5.41, 5.74) is 2.10. The number of sulfonamides is 1. The van der Waals surface area contributed by atoms with Gasteiger partial charge in [-0.25, -0.2) is 8.42 Å². The van der Waals surface area contributed by atoms with E-state index in [1.54, 1.807) is 46.8 Å². The number of para-hydroxylation sites is 1. The molecule has 1 amide bonds. The Hall–Kier alpha value is -3.27. The second-order valence-corrected chi connectivity index (χ2v) is 11.2. The molecule has 1 aliphatic heterocycles. The van der Waals surface area contributed by atoms with Gasteiger partial charge in [0.25, 0.3) is 5.91 Å². The van der Waals surface area contributed by atoms with Gasteiger partial charge >= 0.3 is 0 Å². The summed E-state index contributed by atoms with van der Waals surface area (Å²) in [6.07, 6.45) is 4.60. The summed E-state index contributed by atoms with van der Waals surface area (Å²) in [5.74, 6) is 0.0787. The van der Waals surface area contributed by atoms with Crippen LogP contribution in [0.4, 0.5) is 5.69 Å². The molecular weight excluding hydrogens is 506 g/mol. The zero-order chi connectivity index (χ0) is 26.1. The molecule has 7 nitrogen and oxygen atoms in total. The molecule has 1 saturated heterocycles. The number of nitrogens with zero attached hydrogens (tertiary/aromatic N) is 1. The Bertz CT molecular complexity index is 1300. The molecule has 3 aromatic carbocycles. The van der Waals surface area contributed by atoms with Crippen LogP contribution in [-0.2, 0) is 16.4 Å². The molecule has 9 heteroatoms. The van der Waals surface area contributed by atoms with Crippen LogP contribution in [0.25, 0.3) is 0 Å². The Morgan fingerprint density at radius 1 is 0.865 bits per heavy atom. The number of rotatable bonds is 8. The highest BCUT2D eigenvalue weighted by atomic mass is 32.2. The van der Waals surface area contributed by atoms with Gasteiger partial charge in [0.05, 0.1) is 17.1 Å². The average Bonchev–Trinajstić information content (AvgIpc) is 3.20. The smallest absolute Gasteiger partial charge is 0.261 e. The van der Waals surface area contributed by atoms with Crippen molar-refractivity contribution in [1.82, 2.24) is 9.62 Å². The third-order valence-electron chi connectivity index (χ3n) is 6.16. The van der Waals surface area contributed by atoms with Gasteiger partial charge in [0.1, 0.15) is 5.75 Å². The Morgan fingerprint density at radius 3 is 2.22 bits per heavy atom. The number of anilines is 1. The van der Waals surface area contributed by atoms with Crippen LogP contribution in [0.3, 0.4) is 0 Å². The largest absolute Gasteiger partial charge is 0.492 e. The molecule has 0 spiro atoms. The van der Waals surface area contributed by atoms with Crippen molar-refractivity contribution in [2.45, 2.75) is 37.0 Å². The molecule has 0 radical (unpaired) electrons. The van der Waals surface area contributed by atoms with E-state index in [4.69, 9.17) is 17.0 Å². The van der Waals surface area contributed by atoms with Crippen LogP contribution in [0.5, 0.6) is 5.75 Å². The zero-order valence-electron chi connectivity index (χ0n) is 20.6. The summed E-state index contributed by atoms with van der Waals surface area (Å²) in [7, 11) is -3.53. The van der Waals surface area contributed by atoms with Gasteiger partial charge < -0.3 is 10.1 Å². The van der Waals surface area contributed by atoms with Crippen molar-refractivity contribution in [3.8, 4) is 5.75 Å². The van der Waals surface area contributed by atoms with Crippen LogP contribution >= 0.6 is 12.2 Å². The molecule has 0 aromatic heterocycles. The fourth-order valence-corrected chi connectivity index (χ4v) is 5.91. The molecule has 0 saturated carbocycles. The SMILES string of the molecule is O=C(NC(=S)Nc1ccc(S(=O)(=O)N2CCCCCC2)cc1)c1ccccc1OCCc1ccccc1. The number of nitrogens with one attached hydrogen (secondary N) is 2. The molecule has 4 rings (SSSR count). The molecule has 2 N–H and O–H groups in total. The Kier molecular flexibility index (Phi) is 9.27. The minimum absolute atomic E-state index is 0.104. The fourth-order valence-electron chi connectivity index (χ4n) is 4.18. The number of ether oxygens (including phenoxy) is 1. The first-order valence-corrected chi connectivity index (χ1v) is 14.3. The number of thiocarbonyl (C=S) groups is 1. The van der Waals surface area contributed by atoms with Crippen LogP contribution in [0.1, 0.15) is 41.6 Å². The first kappa shape index (κ1) is 26.8. The monoisotopic (exact) mass is 537 g/mol. The summed E-state index contributed by atoms with van der Waals surface area (Å²) in [6.45, 7) is 1.54.